The molecule has 0 saturated carbocycles. The summed E-state index contributed by atoms with van der Waals surface area (Å²) in [6.07, 6.45) is 0. The van der Waals surface area contributed by atoms with Crippen LogP contribution < -0.4 is 0 Å². The van der Waals surface area contributed by atoms with Gasteiger partial charge in [0.2, 0.25) is 0 Å². The highest BCUT2D eigenvalue weighted by Gasteiger charge is 2.31. The van der Waals surface area contributed by atoms with Gasteiger partial charge in [-0.3, -0.25) is 19.7 Å². The van der Waals surface area contributed by atoms with Crippen LogP contribution in [0.4, 0.5) is 5.69 Å². The average molecular weight is 312 g/mol. The Morgan fingerprint density at radius 1 is 1.24 bits per heavy atom. The third kappa shape index (κ3) is 3.13. The number of halogens is 1. The summed E-state index contributed by atoms with van der Waals surface area (Å²) in [4.78, 5) is 36.9. The summed E-state index contributed by atoms with van der Waals surface area (Å²) in [5, 5.41) is 11.1. The van der Waals surface area contributed by atoms with Crippen LogP contribution in [-0.4, -0.2) is 46.2 Å². The zero-order valence-electron chi connectivity index (χ0n) is 11.4. The minimum Gasteiger partial charge on any atom is -0.333 e. The van der Waals surface area contributed by atoms with Crippen molar-refractivity contribution in [2.45, 2.75) is 13.5 Å². The molecule has 0 aliphatic carbocycles. The standard InChI is InChI=1S/C13H14ClN3O4/c1-2-15-5-6-16(13(19)12(15)18)8-9-7-10(17(20)21)3-4-11(9)14/h3-4,7H,2,5-6,8H2,1H3. The molecule has 21 heavy (non-hydrogen) atoms. The van der Waals surface area contributed by atoms with Gasteiger partial charge in [-0.1, -0.05) is 11.6 Å². The molecule has 0 unspecified atom stereocenters. The predicted octanol–water partition coefficient (Wildman–Crippen LogP) is 1.44. The van der Waals surface area contributed by atoms with Gasteiger partial charge in [-0.25, -0.2) is 0 Å². The van der Waals surface area contributed by atoms with E-state index in [0.717, 1.165) is 0 Å². The normalized spacial score (nSPS) is 15.5. The SMILES string of the molecule is CCN1CCN(Cc2cc([N+](=O)[O-])ccc2Cl)C(=O)C1=O. The average Bonchev–Trinajstić information content (AvgIpc) is 2.46. The number of piperazine rings is 1. The number of likely N-dealkylation sites (N-methyl/N-ethyl adjacent to an activating group) is 1. The van der Waals surface area contributed by atoms with Crippen molar-refractivity contribution in [3.63, 3.8) is 0 Å². The Hall–Kier alpha value is -2.15. The number of hydrogen-bond donors (Lipinski definition) is 0. The zero-order chi connectivity index (χ0) is 15.6. The monoisotopic (exact) mass is 311 g/mol. The van der Waals surface area contributed by atoms with Crippen LogP contribution in [0.1, 0.15) is 12.5 Å². The lowest BCUT2D eigenvalue weighted by Crippen LogP contribution is -2.53. The molecule has 0 bridgehead atoms. The lowest BCUT2D eigenvalue weighted by atomic mass is 10.1. The van der Waals surface area contributed by atoms with Gasteiger partial charge < -0.3 is 9.80 Å². The number of non-ortho nitro benzene ring substituents is 1. The largest absolute Gasteiger partial charge is 0.333 e. The molecule has 112 valence electrons. The molecule has 2 amide bonds. The Morgan fingerprint density at radius 2 is 1.86 bits per heavy atom. The van der Waals surface area contributed by atoms with E-state index in [1.54, 1.807) is 6.92 Å². The van der Waals surface area contributed by atoms with Gasteiger partial charge in [0.15, 0.2) is 0 Å². The second-order valence-corrected chi connectivity index (χ2v) is 5.05. The molecule has 1 saturated heterocycles. The van der Waals surface area contributed by atoms with Crippen molar-refractivity contribution in [1.29, 1.82) is 0 Å². The number of rotatable bonds is 4. The molecule has 8 heteroatoms. The number of nitrogens with zero attached hydrogens (tertiary/aromatic N) is 3. The number of nitro groups is 1. The summed E-state index contributed by atoms with van der Waals surface area (Å²) in [6.45, 7) is 3.21. The Balaban J connectivity index is 2.19. The summed E-state index contributed by atoms with van der Waals surface area (Å²) in [7, 11) is 0. The summed E-state index contributed by atoms with van der Waals surface area (Å²) >= 11 is 6.00. The number of amides is 2. The number of hydrogen-bond acceptors (Lipinski definition) is 4. The second kappa shape index (κ2) is 6.09. The number of nitro benzene ring substituents is 1. The molecule has 0 N–H and O–H groups in total. The van der Waals surface area contributed by atoms with Crippen molar-refractivity contribution < 1.29 is 14.5 Å². The highest BCUT2D eigenvalue weighted by Crippen LogP contribution is 2.24. The van der Waals surface area contributed by atoms with Gasteiger partial charge in [0.25, 0.3) is 5.69 Å². The molecule has 1 heterocycles. The van der Waals surface area contributed by atoms with Gasteiger partial charge in [0, 0.05) is 43.3 Å². The maximum absolute atomic E-state index is 12.0. The van der Waals surface area contributed by atoms with Crippen LogP contribution in [0.25, 0.3) is 0 Å². The van der Waals surface area contributed by atoms with Gasteiger partial charge in [0.1, 0.15) is 0 Å². The van der Waals surface area contributed by atoms with E-state index in [2.05, 4.69) is 0 Å². The van der Waals surface area contributed by atoms with Crippen molar-refractivity contribution in [1.82, 2.24) is 9.80 Å². The van der Waals surface area contributed by atoms with E-state index in [9.17, 15) is 19.7 Å². The second-order valence-electron chi connectivity index (χ2n) is 4.64. The summed E-state index contributed by atoms with van der Waals surface area (Å²) < 4.78 is 0. The zero-order valence-corrected chi connectivity index (χ0v) is 12.2. The molecule has 0 radical (unpaired) electrons. The maximum atomic E-state index is 12.0. The fourth-order valence-electron chi connectivity index (χ4n) is 2.17. The number of benzene rings is 1. The molecule has 2 rings (SSSR count). The van der Waals surface area contributed by atoms with Gasteiger partial charge in [-0.15, -0.1) is 0 Å². The van der Waals surface area contributed by atoms with Crippen LogP contribution >= 0.6 is 11.6 Å². The molecule has 1 fully saturated rings. The smallest absolute Gasteiger partial charge is 0.312 e. The Bertz CT molecular complexity index is 605. The van der Waals surface area contributed by atoms with Crippen LogP contribution in [0, 0.1) is 10.1 Å². The first-order chi connectivity index (χ1) is 9.93. The van der Waals surface area contributed by atoms with E-state index < -0.39 is 16.7 Å². The Morgan fingerprint density at radius 3 is 2.48 bits per heavy atom. The molecule has 7 nitrogen and oxygen atoms in total. The van der Waals surface area contributed by atoms with Gasteiger partial charge in [0.05, 0.1) is 4.92 Å². The first kappa shape index (κ1) is 15.2. The lowest BCUT2D eigenvalue weighted by Gasteiger charge is -2.33. The van der Waals surface area contributed by atoms with Crippen LogP contribution in [0.2, 0.25) is 5.02 Å². The summed E-state index contributed by atoms with van der Waals surface area (Å²) in [5.74, 6) is -1.16. The molecular formula is C13H14ClN3O4. The first-order valence-electron chi connectivity index (χ1n) is 6.45. The van der Waals surface area contributed by atoms with Crippen molar-refractivity contribution >= 4 is 29.1 Å². The van der Waals surface area contributed by atoms with Crippen molar-refractivity contribution in [2.24, 2.45) is 0 Å². The minimum absolute atomic E-state index is 0.0860. The fraction of sp³-hybridized carbons (Fsp3) is 0.385. The predicted molar refractivity (Wildman–Crippen MR) is 75.8 cm³/mol. The number of carbonyl (C=O) groups is 2. The van der Waals surface area contributed by atoms with Gasteiger partial charge in [-0.2, -0.15) is 0 Å². The molecule has 1 aliphatic rings. The van der Waals surface area contributed by atoms with Gasteiger partial charge >= 0.3 is 11.8 Å². The fourth-order valence-corrected chi connectivity index (χ4v) is 2.35. The summed E-state index contributed by atoms with van der Waals surface area (Å²) in [6, 6.07) is 4.05. The summed E-state index contributed by atoms with van der Waals surface area (Å²) in [5.41, 5.74) is 0.359. The van der Waals surface area contributed by atoms with Crippen LogP contribution in [0.15, 0.2) is 18.2 Å². The van der Waals surface area contributed by atoms with E-state index in [1.165, 1.54) is 28.0 Å². The minimum atomic E-state index is -0.606. The molecule has 1 aromatic carbocycles. The van der Waals surface area contributed by atoms with Crippen LogP contribution in [0.5, 0.6) is 0 Å². The highest BCUT2D eigenvalue weighted by atomic mass is 35.5. The molecule has 0 aromatic heterocycles. The topological polar surface area (TPSA) is 83.8 Å². The van der Waals surface area contributed by atoms with Crippen molar-refractivity contribution in [3.05, 3.63) is 38.9 Å². The quantitative estimate of drug-likeness (QED) is 0.478. The molecule has 1 aliphatic heterocycles. The van der Waals surface area contributed by atoms with Crippen LogP contribution in [-0.2, 0) is 16.1 Å². The third-order valence-corrected chi connectivity index (χ3v) is 3.75. The third-order valence-electron chi connectivity index (χ3n) is 3.38. The Kier molecular flexibility index (Phi) is 4.42. The van der Waals surface area contributed by atoms with E-state index in [-0.39, 0.29) is 12.2 Å². The van der Waals surface area contributed by atoms with E-state index in [4.69, 9.17) is 11.6 Å². The van der Waals surface area contributed by atoms with Crippen LogP contribution in [0.3, 0.4) is 0 Å². The van der Waals surface area contributed by atoms with Gasteiger partial charge in [-0.05, 0) is 18.6 Å². The van der Waals surface area contributed by atoms with Crippen molar-refractivity contribution in [2.75, 3.05) is 19.6 Å². The highest BCUT2D eigenvalue weighted by molar-refractivity contribution is 6.35. The number of carbonyl (C=O) groups excluding carboxylic acids is 2. The lowest BCUT2D eigenvalue weighted by molar-refractivity contribution is -0.384. The van der Waals surface area contributed by atoms with E-state index in [0.29, 0.717) is 30.2 Å². The molecule has 0 atom stereocenters. The van der Waals surface area contributed by atoms with Crippen molar-refractivity contribution in [3.8, 4) is 0 Å². The Labute approximate surface area is 126 Å². The molecule has 1 aromatic rings. The molecule has 0 spiro atoms. The van der Waals surface area contributed by atoms with E-state index >= 15 is 0 Å². The first-order valence-corrected chi connectivity index (χ1v) is 6.82. The van der Waals surface area contributed by atoms with E-state index in [1.807, 2.05) is 0 Å². The maximum Gasteiger partial charge on any atom is 0.312 e. The molecular weight excluding hydrogens is 298 g/mol.